The van der Waals surface area contributed by atoms with Crippen LogP contribution in [0, 0.1) is 23.2 Å². The lowest BCUT2D eigenvalue weighted by Gasteiger charge is -2.34. The van der Waals surface area contributed by atoms with Crippen LogP contribution in [0.15, 0.2) is 0 Å². The van der Waals surface area contributed by atoms with Gasteiger partial charge in [-0.15, -0.1) is 0 Å². The van der Waals surface area contributed by atoms with Crippen LogP contribution in [0.2, 0.25) is 0 Å². The minimum atomic E-state index is -0.693. The van der Waals surface area contributed by atoms with Crippen LogP contribution in [0.5, 0.6) is 0 Å². The third kappa shape index (κ3) is 3.96. The van der Waals surface area contributed by atoms with Crippen molar-refractivity contribution in [2.24, 2.45) is 11.8 Å². The second-order valence-corrected chi connectivity index (χ2v) is 7.78. The van der Waals surface area contributed by atoms with Gasteiger partial charge in [-0.25, -0.2) is 9.69 Å². The molecule has 0 bridgehead atoms. The summed E-state index contributed by atoms with van der Waals surface area (Å²) in [6.45, 7) is 5.25. The molecule has 7 nitrogen and oxygen atoms in total. The van der Waals surface area contributed by atoms with Crippen molar-refractivity contribution >= 4 is 11.9 Å². The molecule has 0 unspecified atom stereocenters. The van der Waals surface area contributed by atoms with Crippen LogP contribution in [0.4, 0.5) is 4.79 Å². The van der Waals surface area contributed by atoms with Crippen molar-refractivity contribution in [3.8, 4) is 6.07 Å². The number of hydrogen-bond acceptors (Lipinski definition) is 5. The summed E-state index contributed by atoms with van der Waals surface area (Å²) in [7, 11) is 0. The molecule has 7 heteroatoms. The van der Waals surface area contributed by atoms with Crippen LogP contribution < -0.4 is 5.32 Å². The van der Waals surface area contributed by atoms with E-state index >= 15 is 0 Å². The molecule has 2 aliphatic heterocycles. The van der Waals surface area contributed by atoms with E-state index in [9.17, 15) is 9.59 Å². The van der Waals surface area contributed by atoms with Crippen molar-refractivity contribution in [1.29, 1.82) is 5.26 Å². The first-order valence-electron chi connectivity index (χ1n) is 9.35. The lowest BCUT2D eigenvalue weighted by atomic mass is 9.77. The number of ether oxygens (including phenoxy) is 1. The zero-order valence-corrected chi connectivity index (χ0v) is 15.0. The zero-order chi connectivity index (χ0) is 17.9. The summed E-state index contributed by atoms with van der Waals surface area (Å²) in [5.74, 6) is 0.928. The van der Waals surface area contributed by atoms with Gasteiger partial charge in [0.2, 0.25) is 0 Å². The Balaban J connectivity index is 1.65. The minimum Gasteiger partial charge on any atom is -0.381 e. The van der Waals surface area contributed by atoms with E-state index in [1.807, 2.05) is 4.90 Å². The molecule has 3 fully saturated rings. The number of rotatable bonds is 6. The Labute approximate surface area is 149 Å². The van der Waals surface area contributed by atoms with Crippen LogP contribution in [0.1, 0.15) is 45.4 Å². The van der Waals surface area contributed by atoms with Gasteiger partial charge in [-0.2, -0.15) is 5.26 Å². The Morgan fingerprint density at radius 2 is 2.12 bits per heavy atom. The van der Waals surface area contributed by atoms with Crippen LogP contribution in [0.3, 0.4) is 0 Å². The van der Waals surface area contributed by atoms with E-state index < -0.39 is 5.54 Å². The normalized spacial score (nSPS) is 32.4. The van der Waals surface area contributed by atoms with Crippen molar-refractivity contribution in [3.05, 3.63) is 0 Å². The van der Waals surface area contributed by atoms with E-state index in [1.54, 1.807) is 0 Å². The maximum Gasteiger partial charge on any atom is 0.326 e. The summed E-state index contributed by atoms with van der Waals surface area (Å²) in [5.41, 5.74) is -0.693. The van der Waals surface area contributed by atoms with Gasteiger partial charge in [0.15, 0.2) is 0 Å². The lowest BCUT2D eigenvalue weighted by Crippen LogP contribution is -2.50. The van der Waals surface area contributed by atoms with E-state index in [2.05, 4.69) is 18.3 Å². The number of carbonyl (C=O) groups is 2. The predicted octanol–water partition coefficient (Wildman–Crippen LogP) is 1.70. The highest BCUT2D eigenvalue weighted by Crippen LogP contribution is 2.36. The van der Waals surface area contributed by atoms with Gasteiger partial charge < -0.3 is 10.1 Å². The topological polar surface area (TPSA) is 85.7 Å². The first-order valence-corrected chi connectivity index (χ1v) is 9.35. The number of nitrogens with zero attached hydrogens (tertiary/aromatic N) is 3. The number of urea groups is 1. The van der Waals surface area contributed by atoms with E-state index in [4.69, 9.17) is 10.00 Å². The molecule has 1 aliphatic carbocycles. The number of amides is 3. The van der Waals surface area contributed by atoms with Crippen LogP contribution >= 0.6 is 0 Å². The highest BCUT2D eigenvalue weighted by atomic mass is 16.5. The molecule has 3 rings (SSSR count). The summed E-state index contributed by atoms with van der Waals surface area (Å²) < 4.78 is 5.42. The molecule has 0 aromatic heterocycles. The molecule has 1 spiro atoms. The Hall–Kier alpha value is -1.65. The van der Waals surface area contributed by atoms with E-state index in [0.29, 0.717) is 31.4 Å². The summed E-state index contributed by atoms with van der Waals surface area (Å²) in [6, 6.07) is 1.87. The summed E-state index contributed by atoms with van der Waals surface area (Å²) in [5, 5.41) is 11.9. The average molecular weight is 348 g/mol. The molecular weight excluding hydrogens is 320 g/mol. The maximum atomic E-state index is 13.0. The van der Waals surface area contributed by atoms with Crippen molar-refractivity contribution in [1.82, 2.24) is 15.1 Å². The standard InChI is InChI=1S/C18H28N4O3/c1-14-3-6-18(7-4-14)16(23)22(17(24)20-18)13-21(9-2-8-19)11-15-5-10-25-12-15/h14-15H,2-7,9-13H2,1H3,(H,20,24)/t14?,15-,18?/m1/s1. The molecule has 3 amide bonds. The zero-order valence-electron chi connectivity index (χ0n) is 15.0. The molecule has 2 heterocycles. The lowest BCUT2D eigenvalue weighted by molar-refractivity contribution is -0.134. The van der Waals surface area contributed by atoms with Gasteiger partial charge in [-0.3, -0.25) is 9.69 Å². The monoisotopic (exact) mass is 348 g/mol. The quantitative estimate of drug-likeness (QED) is 0.738. The molecule has 0 aromatic carbocycles. The van der Waals surface area contributed by atoms with Gasteiger partial charge >= 0.3 is 6.03 Å². The van der Waals surface area contributed by atoms with E-state index in [-0.39, 0.29) is 18.6 Å². The van der Waals surface area contributed by atoms with Crippen LogP contribution in [-0.4, -0.2) is 60.2 Å². The Kier molecular flexibility index (Phi) is 5.60. The number of nitrogens with one attached hydrogen (secondary N) is 1. The van der Waals surface area contributed by atoms with E-state index in [1.165, 1.54) is 4.90 Å². The van der Waals surface area contributed by atoms with Gasteiger partial charge in [0.1, 0.15) is 5.54 Å². The summed E-state index contributed by atoms with van der Waals surface area (Å²) >= 11 is 0. The Bertz CT molecular complexity index is 545. The van der Waals surface area contributed by atoms with Gasteiger partial charge in [-0.1, -0.05) is 6.92 Å². The van der Waals surface area contributed by atoms with Gasteiger partial charge in [0, 0.05) is 26.1 Å². The third-order valence-corrected chi connectivity index (χ3v) is 5.80. The molecule has 138 valence electrons. The smallest absolute Gasteiger partial charge is 0.326 e. The Morgan fingerprint density at radius 3 is 2.76 bits per heavy atom. The van der Waals surface area contributed by atoms with Crippen molar-refractivity contribution in [2.45, 2.75) is 51.0 Å². The number of nitriles is 1. The molecule has 1 atom stereocenters. The fraction of sp³-hybridized carbons (Fsp3) is 0.833. The Morgan fingerprint density at radius 1 is 1.36 bits per heavy atom. The van der Waals surface area contributed by atoms with Crippen molar-refractivity contribution < 1.29 is 14.3 Å². The van der Waals surface area contributed by atoms with Gasteiger partial charge in [-0.05, 0) is 43.9 Å². The molecule has 2 saturated heterocycles. The number of imide groups is 1. The molecule has 0 aromatic rings. The molecule has 3 aliphatic rings. The van der Waals surface area contributed by atoms with Crippen molar-refractivity contribution in [3.63, 3.8) is 0 Å². The fourth-order valence-corrected chi connectivity index (χ4v) is 4.12. The van der Waals surface area contributed by atoms with Crippen LogP contribution in [-0.2, 0) is 9.53 Å². The summed E-state index contributed by atoms with van der Waals surface area (Å²) in [4.78, 5) is 28.8. The molecule has 0 radical (unpaired) electrons. The SMILES string of the molecule is CC1CCC2(CC1)NC(=O)N(CN(CCC#N)C[C@H]1CCOC1)C2=O. The predicted molar refractivity (Wildman–Crippen MR) is 91.3 cm³/mol. The van der Waals surface area contributed by atoms with Gasteiger partial charge in [0.05, 0.1) is 19.3 Å². The summed E-state index contributed by atoms with van der Waals surface area (Å²) in [6.07, 6.45) is 4.77. The average Bonchev–Trinajstić information content (AvgIpc) is 3.18. The van der Waals surface area contributed by atoms with Crippen molar-refractivity contribution in [2.75, 3.05) is 33.0 Å². The third-order valence-electron chi connectivity index (χ3n) is 5.80. The highest BCUT2D eigenvalue weighted by molar-refractivity contribution is 6.07. The second-order valence-electron chi connectivity index (χ2n) is 7.78. The van der Waals surface area contributed by atoms with Gasteiger partial charge in [0.25, 0.3) is 5.91 Å². The first kappa shape index (κ1) is 18.2. The highest BCUT2D eigenvalue weighted by Gasteiger charge is 2.52. The molecule has 1 N–H and O–H groups in total. The van der Waals surface area contributed by atoms with Crippen LogP contribution in [0.25, 0.3) is 0 Å². The fourth-order valence-electron chi connectivity index (χ4n) is 4.12. The minimum absolute atomic E-state index is 0.0889. The molecular formula is C18H28N4O3. The maximum absolute atomic E-state index is 13.0. The number of hydrogen-bond donors (Lipinski definition) is 1. The second kappa shape index (κ2) is 7.71. The molecule has 25 heavy (non-hydrogen) atoms. The first-order chi connectivity index (χ1) is 12.0. The molecule has 1 saturated carbocycles. The number of carbonyl (C=O) groups excluding carboxylic acids is 2. The largest absolute Gasteiger partial charge is 0.381 e. The van der Waals surface area contributed by atoms with E-state index in [0.717, 1.165) is 45.3 Å².